The van der Waals surface area contributed by atoms with E-state index in [2.05, 4.69) is 9.97 Å². The minimum Gasteiger partial charge on any atom is -0.393 e. The fourth-order valence-corrected chi connectivity index (χ4v) is 1.64. The van der Waals surface area contributed by atoms with E-state index in [9.17, 15) is 5.11 Å². The predicted molar refractivity (Wildman–Crippen MR) is 50.7 cm³/mol. The summed E-state index contributed by atoms with van der Waals surface area (Å²) in [6, 6.07) is 1.84. The molecule has 0 amide bonds. The Labute approximate surface area is 83.0 Å². The Balaban J connectivity index is 2.14. The molecule has 1 aromatic rings. The summed E-state index contributed by atoms with van der Waals surface area (Å²) < 4.78 is 5.54. The molecule has 1 fully saturated rings. The van der Waals surface area contributed by atoms with E-state index in [-0.39, 0.29) is 12.2 Å². The van der Waals surface area contributed by atoms with E-state index in [4.69, 9.17) is 4.74 Å². The van der Waals surface area contributed by atoms with Crippen LogP contribution < -0.4 is 0 Å². The minimum atomic E-state index is -0.260. The largest absolute Gasteiger partial charge is 0.393 e. The number of aromatic nitrogens is 2. The van der Waals surface area contributed by atoms with E-state index in [1.54, 1.807) is 6.20 Å². The van der Waals surface area contributed by atoms with Crippen molar-refractivity contribution in [2.45, 2.75) is 32.0 Å². The molecule has 2 rings (SSSR count). The first-order chi connectivity index (χ1) is 6.75. The van der Waals surface area contributed by atoms with Crippen LogP contribution in [0.15, 0.2) is 12.3 Å². The van der Waals surface area contributed by atoms with Gasteiger partial charge in [-0.1, -0.05) is 0 Å². The van der Waals surface area contributed by atoms with Crippen LogP contribution in [-0.2, 0) is 4.74 Å². The number of aliphatic hydroxyl groups is 1. The molecule has 2 heterocycles. The number of hydrogen-bond donors (Lipinski definition) is 1. The lowest BCUT2D eigenvalue weighted by Gasteiger charge is -2.25. The van der Waals surface area contributed by atoms with E-state index < -0.39 is 0 Å². The highest BCUT2D eigenvalue weighted by Gasteiger charge is 2.23. The third-order valence-electron chi connectivity index (χ3n) is 2.38. The maximum Gasteiger partial charge on any atom is 0.125 e. The van der Waals surface area contributed by atoms with E-state index in [0.717, 1.165) is 17.9 Å². The zero-order chi connectivity index (χ0) is 9.97. The van der Waals surface area contributed by atoms with Crippen LogP contribution in [0.25, 0.3) is 0 Å². The van der Waals surface area contributed by atoms with Crippen molar-refractivity contribution in [1.29, 1.82) is 0 Å². The van der Waals surface area contributed by atoms with Crippen LogP contribution in [0.3, 0.4) is 0 Å². The molecule has 4 heteroatoms. The Hall–Kier alpha value is -1.00. The van der Waals surface area contributed by atoms with Gasteiger partial charge in [-0.15, -0.1) is 0 Å². The van der Waals surface area contributed by atoms with Gasteiger partial charge in [-0.2, -0.15) is 0 Å². The Morgan fingerprint density at radius 2 is 2.43 bits per heavy atom. The third kappa shape index (κ3) is 2.08. The first-order valence-corrected chi connectivity index (χ1v) is 4.85. The lowest BCUT2D eigenvalue weighted by molar-refractivity contribution is -0.0467. The van der Waals surface area contributed by atoms with Crippen molar-refractivity contribution in [2.75, 3.05) is 6.61 Å². The minimum absolute atomic E-state index is 0.0690. The molecule has 1 N–H and O–H groups in total. The number of ether oxygens (including phenoxy) is 1. The van der Waals surface area contributed by atoms with Gasteiger partial charge in [-0.05, 0) is 19.4 Å². The highest BCUT2D eigenvalue weighted by molar-refractivity contribution is 5.06. The molecule has 0 bridgehead atoms. The van der Waals surface area contributed by atoms with Gasteiger partial charge in [-0.3, -0.25) is 0 Å². The molecule has 0 saturated carbocycles. The molecule has 1 aliphatic rings. The van der Waals surface area contributed by atoms with Crippen molar-refractivity contribution in [3.63, 3.8) is 0 Å². The third-order valence-corrected chi connectivity index (χ3v) is 2.38. The normalized spacial score (nSPS) is 27.6. The second-order valence-electron chi connectivity index (χ2n) is 3.57. The molecule has 2 atom stereocenters. The summed E-state index contributed by atoms with van der Waals surface area (Å²) in [5, 5.41) is 9.49. The van der Waals surface area contributed by atoms with Crippen LogP contribution >= 0.6 is 0 Å². The maximum atomic E-state index is 9.49. The highest BCUT2D eigenvalue weighted by atomic mass is 16.5. The Morgan fingerprint density at radius 3 is 3.14 bits per heavy atom. The lowest BCUT2D eigenvalue weighted by Crippen LogP contribution is -2.24. The SMILES string of the molecule is Cc1nccc(C2CC(O)CCO2)n1. The molecule has 0 aliphatic carbocycles. The number of rotatable bonds is 1. The zero-order valence-corrected chi connectivity index (χ0v) is 8.18. The van der Waals surface area contributed by atoms with Gasteiger partial charge in [-0.25, -0.2) is 9.97 Å². The van der Waals surface area contributed by atoms with Gasteiger partial charge in [0.2, 0.25) is 0 Å². The van der Waals surface area contributed by atoms with E-state index in [1.165, 1.54) is 0 Å². The Morgan fingerprint density at radius 1 is 1.57 bits per heavy atom. The first-order valence-electron chi connectivity index (χ1n) is 4.85. The fourth-order valence-electron chi connectivity index (χ4n) is 1.64. The van der Waals surface area contributed by atoms with E-state index in [1.807, 2.05) is 13.0 Å². The standard InChI is InChI=1S/C10H14N2O2/c1-7-11-4-2-9(12-7)10-6-8(13)3-5-14-10/h2,4,8,10,13H,3,5-6H2,1H3. The molecule has 1 aliphatic heterocycles. The van der Waals surface area contributed by atoms with Crippen molar-refractivity contribution in [3.8, 4) is 0 Å². The maximum absolute atomic E-state index is 9.49. The Kier molecular flexibility index (Phi) is 2.74. The highest BCUT2D eigenvalue weighted by Crippen LogP contribution is 2.26. The molecule has 0 spiro atoms. The van der Waals surface area contributed by atoms with Crippen LogP contribution in [0.4, 0.5) is 0 Å². The van der Waals surface area contributed by atoms with Crippen LogP contribution in [-0.4, -0.2) is 27.8 Å². The summed E-state index contributed by atoms with van der Waals surface area (Å²) in [5.74, 6) is 0.742. The van der Waals surface area contributed by atoms with E-state index >= 15 is 0 Å². The molecule has 2 unspecified atom stereocenters. The van der Waals surface area contributed by atoms with Crippen molar-refractivity contribution in [3.05, 3.63) is 23.8 Å². The van der Waals surface area contributed by atoms with Crippen molar-refractivity contribution in [2.24, 2.45) is 0 Å². The quantitative estimate of drug-likeness (QED) is 0.724. The Bertz CT molecular complexity index is 317. The topological polar surface area (TPSA) is 55.2 Å². The molecule has 0 radical (unpaired) electrons. The molecule has 14 heavy (non-hydrogen) atoms. The second kappa shape index (κ2) is 4.02. The summed E-state index contributed by atoms with van der Waals surface area (Å²) in [5.41, 5.74) is 0.872. The first kappa shape index (κ1) is 9.55. The monoisotopic (exact) mass is 194 g/mol. The summed E-state index contributed by atoms with van der Waals surface area (Å²) in [6.07, 6.45) is 2.75. The lowest BCUT2D eigenvalue weighted by atomic mass is 10.0. The zero-order valence-electron chi connectivity index (χ0n) is 8.18. The van der Waals surface area contributed by atoms with Gasteiger partial charge in [0.05, 0.1) is 11.8 Å². The molecular weight excluding hydrogens is 180 g/mol. The van der Waals surface area contributed by atoms with Gasteiger partial charge in [0.15, 0.2) is 0 Å². The van der Waals surface area contributed by atoms with Crippen LogP contribution in [0.2, 0.25) is 0 Å². The van der Waals surface area contributed by atoms with Gasteiger partial charge >= 0.3 is 0 Å². The van der Waals surface area contributed by atoms with Crippen LogP contribution in [0, 0.1) is 6.92 Å². The average Bonchev–Trinajstić information content (AvgIpc) is 2.18. The number of hydrogen-bond acceptors (Lipinski definition) is 4. The second-order valence-corrected chi connectivity index (χ2v) is 3.57. The summed E-state index contributed by atoms with van der Waals surface area (Å²) >= 11 is 0. The molecule has 1 aromatic heterocycles. The summed E-state index contributed by atoms with van der Waals surface area (Å²) in [4.78, 5) is 8.31. The van der Waals surface area contributed by atoms with E-state index in [0.29, 0.717) is 13.0 Å². The molecule has 76 valence electrons. The summed E-state index contributed by atoms with van der Waals surface area (Å²) in [6.45, 7) is 2.46. The van der Waals surface area contributed by atoms with Crippen LogP contribution in [0.5, 0.6) is 0 Å². The number of aryl methyl sites for hydroxylation is 1. The van der Waals surface area contributed by atoms with Crippen LogP contribution in [0.1, 0.15) is 30.5 Å². The molecule has 1 saturated heterocycles. The van der Waals surface area contributed by atoms with Gasteiger partial charge < -0.3 is 9.84 Å². The molecular formula is C10H14N2O2. The van der Waals surface area contributed by atoms with Gasteiger partial charge in [0, 0.05) is 19.2 Å². The van der Waals surface area contributed by atoms with Gasteiger partial charge in [0.25, 0.3) is 0 Å². The van der Waals surface area contributed by atoms with Crippen molar-refractivity contribution < 1.29 is 9.84 Å². The van der Waals surface area contributed by atoms with Gasteiger partial charge in [0.1, 0.15) is 11.9 Å². The predicted octanol–water partition coefficient (Wildman–Crippen LogP) is 0.997. The van der Waals surface area contributed by atoms with Crippen molar-refractivity contribution in [1.82, 2.24) is 9.97 Å². The van der Waals surface area contributed by atoms with Crippen molar-refractivity contribution >= 4 is 0 Å². The molecule has 4 nitrogen and oxygen atoms in total. The summed E-state index contributed by atoms with van der Waals surface area (Å²) in [7, 11) is 0. The number of aliphatic hydroxyl groups excluding tert-OH is 1. The average molecular weight is 194 g/mol. The molecule has 0 aromatic carbocycles. The fraction of sp³-hybridized carbons (Fsp3) is 0.600. The number of nitrogens with zero attached hydrogens (tertiary/aromatic N) is 2. The smallest absolute Gasteiger partial charge is 0.125 e.